The number of ether oxygens (including phenoxy) is 1. The van der Waals surface area contributed by atoms with Crippen LogP contribution in [0.2, 0.25) is 10.0 Å². The van der Waals surface area contributed by atoms with Crippen LogP contribution < -0.4 is 10.9 Å². The highest BCUT2D eigenvalue weighted by atomic mass is 35.5. The highest BCUT2D eigenvalue weighted by Crippen LogP contribution is 2.31. The minimum absolute atomic E-state index is 0.0691. The summed E-state index contributed by atoms with van der Waals surface area (Å²) in [6.45, 7) is 3.69. The van der Waals surface area contributed by atoms with E-state index in [0.29, 0.717) is 32.1 Å². The van der Waals surface area contributed by atoms with Crippen molar-refractivity contribution in [1.82, 2.24) is 4.57 Å². The molecule has 0 bridgehead atoms. The van der Waals surface area contributed by atoms with Crippen molar-refractivity contribution in [2.24, 2.45) is 7.05 Å². The van der Waals surface area contributed by atoms with E-state index in [4.69, 9.17) is 27.9 Å². The molecule has 1 unspecified atom stereocenters. The second-order valence-electron chi connectivity index (χ2n) is 8.45. The van der Waals surface area contributed by atoms with Crippen LogP contribution in [0.25, 0.3) is 21.9 Å². The number of benzene rings is 3. The molecule has 1 heterocycles. The number of amides is 1. The van der Waals surface area contributed by atoms with E-state index in [1.54, 1.807) is 43.3 Å². The Hall–Kier alpha value is -3.61. The van der Waals surface area contributed by atoms with Crippen LogP contribution in [0, 0.1) is 6.92 Å². The Labute approximate surface area is 218 Å². The van der Waals surface area contributed by atoms with E-state index >= 15 is 0 Å². The zero-order valence-electron chi connectivity index (χ0n) is 20.0. The number of anilines is 1. The van der Waals surface area contributed by atoms with Crippen LogP contribution >= 0.6 is 23.2 Å². The molecule has 0 aliphatic rings. The fourth-order valence-corrected chi connectivity index (χ4v) is 4.60. The average Bonchev–Trinajstić information content (AvgIpc) is 2.84. The molecule has 0 fully saturated rings. The van der Waals surface area contributed by atoms with Crippen molar-refractivity contribution < 1.29 is 14.3 Å². The predicted octanol–water partition coefficient (Wildman–Crippen LogP) is 6.39. The van der Waals surface area contributed by atoms with E-state index < -0.39 is 18.0 Å². The predicted molar refractivity (Wildman–Crippen MR) is 144 cm³/mol. The van der Waals surface area contributed by atoms with Crippen LogP contribution in [-0.4, -0.2) is 22.5 Å². The molecule has 0 aliphatic heterocycles. The molecular weight excluding hydrogens is 499 g/mol. The monoisotopic (exact) mass is 522 g/mol. The number of nitrogens with one attached hydrogen (secondary N) is 1. The zero-order valence-corrected chi connectivity index (χ0v) is 21.5. The summed E-state index contributed by atoms with van der Waals surface area (Å²) in [7, 11) is 1.53. The summed E-state index contributed by atoms with van der Waals surface area (Å²) in [5.74, 6) is -1.31. The average molecular weight is 523 g/mol. The van der Waals surface area contributed by atoms with Crippen molar-refractivity contribution in [1.29, 1.82) is 0 Å². The Morgan fingerprint density at radius 2 is 1.58 bits per heavy atom. The molecule has 6 nitrogen and oxygen atoms in total. The zero-order chi connectivity index (χ0) is 26.0. The third-order valence-electron chi connectivity index (χ3n) is 5.88. The second-order valence-corrected chi connectivity index (χ2v) is 9.32. The molecule has 4 aromatic rings. The number of aryl methyl sites for hydroxylation is 1. The molecule has 36 heavy (non-hydrogen) atoms. The van der Waals surface area contributed by atoms with Gasteiger partial charge in [0.05, 0.1) is 0 Å². The summed E-state index contributed by atoms with van der Waals surface area (Å²) >= 11 is 12.0. The first-order valence-electron chi connectivity index (χ1n) is 11.4. The van der Waals surface area contributed by atoms with Crippen molar-refractivity contribution in [3.8, 4) is 11.1 Å². The number of rotatable bonds is 6. The van der Waals surface area contributed by atoms with Crippen molar-refractivity contribution >= 4 is 51.5 Å². The molecule has 0 aliphatic carbocycles. The van der Waals surface area contributed by atoms with E-state index in [2.05, 4.69) is 5.32 Å². The Balaban J connectivity index is 1.75. The quantitative estimate of drug-likeness (QED) is 0.297. The summed E-state index contributed by atoms with van der Waals surface area (Å²) < 4.78 is 6.95. The molecule has 3 aromatic carbocycles. The van der Waals surface area contributed by atoms with Gasteiger partial charge in [0.2, 0.25) is 0 Å². The van der Waals surface area contributed by atoms with E-state index in [1.165, 1.54) is 11.6 Å². The molecule has 0 spiro atoms. The third-order valence-corrected chi connectivity index (χ3v) is 6.32. The topological polar surface area (TPSA) is 77.4 Å². The van der Waals surface area contributed by atoms with Gasteiger partial charge in [0.1, 0.15) is 5.69 Å². The Morgan fingerprint density at radius 3 is 2.19 bits per heavy atom. The number of pyridine rings is 1. The molecule has 1 N–H and O–H groups in total. The first-order chi connectivity index (χ1) is 17.2. The molecule has 0 radical (unpaired) electrons. The largest absolute Gasteiger partial charge is 0.448 e. The Morgan fingerprint density at radius 1 is 0.972 bits per heavy atom. The van der Waals surface area contributed by atoms with E-state index in [9.17, 15) is 14.4 Å². The fraction of sp³-hybridized carbons (Fsp3) is 0.179. The van der Waals surface area contributed by atoms with Crippen LogP contribution in [0.5, 0.6) is 0 Å². The van der Waals surface area contributed by atoms with Crippen LogP contribution in [0.3, 0.4) is 0 Å². The first kappa shape index (κ1) is 25.5. The lowest BCUT2D eigenvalue weighted by atomic mass is 9.96. The van der Waals surface area contributed by atoms with Crippen LogP contribution in [-0.2, 0) is 16.6 Å². The van der Waals surface area contributed by atoms with Gasteiger partial charge in [-0.05, 0) is 48.6 Å². The summed E-state index contributed by atoms with van der Waals surface area (Å²) in [6, 6.07) is 19.4. The number of carbonyl (C=O) groups is 2. The lowest BCUT2D eigenvalue weighted by molar-refractivity contribution is -0.124. The van der Waals surface area contributed by atoms with Crippen LogP contribution in [0.1, 0.15) is 29.4 Å². The number of hydrogen-bond donors (Lipinski definition) is 1. The standard InChI is InChI=1S/C28H24Cl2N2O4/c1-4-23(26(33)31-20-14-18(29)13-19(30)15-20)36-28(35)25-24(17-11-9-16(2)10-12-17)21-7-5-6-8-22(21)27(34)32(25)3/h5-15,23H,4H2,1-3H3,(H,31,33). The number of fused-ring (bicyclic) bond motifs is 1. The van der Waals surface area contributed by atoms with Gasteiger partial charge in [-0.1, -0.05) is 78.2 Å². The van der Waals surface area contributed by atoms with Gasteiger partial charge in [-0.2, -0.15) is 0 Å². The Bertz CT molecular complexity index is 1510. The molecule has 1 amide bonds. The number of hydrogen-bond acceptors (Lipinski definition) is 4. The van der Waals surface area contributed by atoms with Gasteiger partial charge in [-0.15, -0.1) is 0 Å². The van der Waals surface area contributed by atoms with Gasteiger partial charge in [0.15, 0.2) is 6.10 Å². The minimum Gasteiger partial charge on any atom is -0.448 e. The number of aromatic nitrogens is 1. The number of nitrogens with zero attached hydrogens (tertiary/aromatic N) is 1. The van der Waals surface area contributed by atoms with Crippen molar-refractivity contribution in [3.05, 3.63) is 98.4 Å². The normalized spacial score (nSPS) is 11.8. The summed E-state index contributed by atoms with van der Waals surface area (Å²) in [5, 5.41) is 4.51. The summed E-state index contributed by atoms with van der Waals surface area (Å²) in [5.41, 5.74) is 2.49. The van der Waals surface area contributed by atoms with Gasteiger partial charge < -0.3 is 14.6 Å². The van der Waals surface area contributed by atoms with Crippen molar-refractivity contribution in [2.75, 3.05) is 5.32 Å². The molecule has 1 aromatic heterocycles. The Kier molecular flexibility index (Phi) is 7.48. The van der Waals surface area contributed by atoms with Crippen molar-refractivity contribution in [2.45, 2.75) is 26.4 Å². The molecule has 1 atom stereocenters. The molecule has 0 saturated carbocycles. The van der Waals surface area contributed by atoms with Gasteiger partial charge in [0, 0.05) is 33.7 Å². The maximum atomic E-state index is 13.6. The smallest absolute Gasteiger partial charge is 0.356 e. The van der Waals surface area contributed by atoms with Crippen LogP contribution in [0.15, 0.2) is 71.5 Å². The van der Waals surface area contributed by atoms with Crippen molar-refractivity contribution in [3.63, 3.8) is 0 Å². The summed E-state index contributed by atoms with van der Waals surface area (Å²) in [6.07, 6.45) is -0.893. The highest BCUT2D eigenvalue weighted by Gasteiger charge is 2.28. The first-order valence-corrected chi connectivity index (χ1v) is 12.1. The van der Waals surface area contributed by atoms with E-state index in [1.807, 2.05) is 37.3 Å². The van der Waals surface area contributed by atoms with Gasteiger partial charge in [-0.25, -0.2) is 4.79 Å². The highest BCUT2D eigenvalue weighted by molar-refractivity contribution is 6.35. The van der Waals surface area contributed by atoms with E-state index in [0.717, 1.165) is 11.1 Å². The number of carbonyl (C=O) groups excluding carboxylic acids is 2. The maximum absolute atomic E-state index is 13.6. The fourth-order valence-electron chi connectivity index (χ4n) is 4.07. The SMILES string of the molecule is CCC(OC(=O)c1c(-c2ccc(C)cc2)c2ccccc2c(=O)n1C)C(=O)Nc1cc(Cl)cc(Cl)c1. The van der Waals surface area contributed by atoms with Gasteiger partial charge in [-0.3, -0.25) is 9.59 Å². The molecule has 8 heteroatoms. The summed E-state index contributed by atoms with van der Waals surface area (Å²) in [4.78, 5) is 39.6. The second kappa shape index (κ2) is 10.6. The van der Waals surface area contributed by atoms with Gasteiger partial charge in [0.25, 0.3) is 11.5 Å². The molecular formula is C28H24Cl2N2O4. The number of esters is 1. The number of halogens is 2. The molecule has 0 saturated heterocycles. The third kappa shape index (κ3) is 5.15. The van der Waals surface area contributed by atoms with E-state index in [-0.39, 0.29) is 17.7 Å². The molecule has 4 rings (SSSR count). The minimum atomic E-state index is -1.11. The molecule has 184 valence electrons. The lowest BCUT2D eigenvalue weighted by Crippen LogP contribution is -2.34. The maximum Gasteiger partial charge on any atom is 0.356 e. The van der Waals surface area contributed by atoms with Crippen LogP contribution in [0.4, 0.5) is 5.69 Å². The lowest BCUT2D eigenvalue weighted by Gasteiger charge is -2.20. The van der Waals surface area contributed by atoms with Gasteiger partial charge >= 0.3 is 5.97 Å².